The Morgan fingerprint density at radius 1 is 1.18 bits per heavy atom. The SMILES string of the molecule is NC1=NC[C@]2(CCc3c(cccc3-c3cccc(O)c3)C2)O1. The van der Waals surface area contributed by atoms with Gasteiger partial charge in [-0.15, -0.1) is 0 Å². The highest BCUT2D eigenvalue weighted by Gasteiger charge is 2.40. The van der Waals surface area contributed by atoms with Crippen molar-refractivity contribution in [2.45, 2.75) is 24.9 Å². The second kappa shape index (κ2) is 4.77. The number of hydrogen-bond acceptors (Lipinski definition) is 4. The molecule has 4 nitrogen and oxygen atoms in total. The summed E-state index contributed by atoms with van der Waals surface area (Å²) in [6.07, 6.45) is 2.68. The van der Waals surface area contributed by atoms with E-state index in [1.54, 1.807) is 6.07 Å². The van der Waals surface area contributed by atoms with Crippen LogP contribution in [0.15, 0.2) is 47.5 Å². The molecule has 0 saturated carbocycles. The molecule has 1 aliphatic carbocycles. The van der Waals surface area contributed by atoms with Crippen LogP contribution in [0.2, 0.25) is 0 Å². The first kappa shape index (κ1) is 13.2. The Balaban J connectivity index is 1.73. The highest BCUT2D eigenvalue weighted by Crippen LogP contribution is 2.38. The fourth-order valence-electron chi connectivity index (χ4n) is 3.56. The molecule has 0 saturated heterocycles. The maximum Gasteiger partial charge on any atom is 0.282 e. The molecule has 0 unspecified atom stereocenters. The Morgan fingerprint density at radius 2 is 2.05 bits per heavy atom. The number of rotatable bonds is 1. The van der Waals surface area contributed by atoms with Crippen molar-refractivity contribution >= 4 is 6.02 Å². The van der Waals surface area contributed by atoms with E-state index in [1.165, 1.54) is 16.7 Å². The van der Waals surface area contributed by atoms with Crippen molar-refractivity contribution in [3.05, 3.63) is 53.6 Å². The van der Waals surface area contributed by atoms with Gasteiger partial charge in [0, 0.05) is 6.42 Å². The molecule has 2 aromatic carbocycles. The molecular weight excluding hydrogens is 276 g/mol. The first-order chi connectivity index (χ1) is 10.7. The van der Waals surface area contributed by atoms with Gasteiger partial charge in [-0.2, -0.15) is 0 Å². The van der Waals surface area contributed by atoms with Crippen LogP contribution in [0.4, 0.5) is 0 Å². The van der Waals surface area contributed by atoms with Crippen LogP contribution in [0, 0.1) is 0 Å². The fourth-order valence-corrected chi connectivity index (χ4v) is 3.56. The molecule has 0 amide bonds. The Morgan fingerprint density at radius 3 is 2.82 bits per heavy atom. The average molecular weight is 294 g/mol. The van der Waals surface area contributed by atoms with E-state index in [0.29, 0.717) is 18.3 Å². The first-order valence-electron chi connectivity index (χ1n) is 7.54. The van der Waals surface area contributed by atoms with Crippen molar-refractivity contribution in [2.24, 2.45) is 10.7 Å². The standard InChI is InChI=1S/C18H18N2O2/c19-17-20-11-18(22-17)8-7-16-13(10-18)4-2-6-15(16)12-3-1-5-14(21)9-12/h1-6,9,21H,7-8,10-11H2,(H2,19,20)/t18-/m1/s1. The highest BCUT2D eigenvalue weighted by atomic mass is 16.5. The average Bonchev–Trinajstić information content (AvgIpc) is 2.87. The zero-order valence-electron chi connectivity index (χ0n) is 12.2. The minimum absolute atomic E-state index is 0.255. The normalized spacial score (nSPS) is 23.0. The molecule has 1 heterocycles. The van der Waals surface area contributed by atoms with E-state index in [1.807, 2.05) is 18.2 Å². The predicted molar refractivity (Wildman–Crippen MR) is 85.9 cm³/mol. The first-order valence-corrected chi connectivity index (χ1v) is 7.54. The van der Waals surface area contributed by atoms with Gasteiger partial charge in [-0.3, -0.25) is 0 Å². The molecule has 2 aromatic rings. The van der Waals surface area contributed by atoms with Crippen LogP contribution in [0.5, 0.6) is 5.75 Å². The van der Waals surface area contributed by atoms with Gasteiger partial charge in [0.2, 0.25) is 0 Å². The topological polar surface area (TPSA) is 67.8 Å². The number of hydrogen-bond donors (Lipinski definition) is 2. The molecular formula is C18H18N2O2. The third-order valence-corrected chi connectivity index (χ3v) is 4.62. The Bertz CT molecular complexity index is 769. The van der Waals surface area contributed by atoms with Gasteiger partial charge in [0.15, 0.2) is 0 Å². The van der Waals surface area contributed by atoms with Crippen LogP contribution in [0.3, 0.4) is 0 Å². The van der Waals surface area contributed by atoms with Crippen LogP contribution < -0.4 is 5.73 Å². The summed E-state index contributed by atoms with van der Waals surface area (Å²) in [5, 5.41) is 9.73. The summed E-state index contributed by atoms with van der Waals surface area (Å²) >= 11 is 0. The number of nitrogens with two attached hydrogens (primary N) is 1. The van der Waals surface area contributed by atoms with E-state index >= 15 is 0 Å². The lowest BCUT2D eigenvalue weighted by molar-refractivity contribution is 0.0704. The molecule has 4 heteroatoms. The molecule has 22 heavy (non-hydrogen) atoms. The number of aliphatic imine (C=N–C) groups is 1. The van der Waals surface area contributed by atoms with E-state index < -0.39 is 0 Å². The van der Waals surface area contributed by atoms with E-state index in [0.717, 1.165) is 24.8 Å². The number of benzene rings is 2. The molecule has 0 fully saturated rings. The number of fused-ring (bicyclic) bond motifs is 1. The molecule has 0 aromatic heterocycles. The second-order valence-electron chi connectivity index (χ2n) is 6.11. The van der Waals surface area contributed by atoms with E-state index in [4.69, 9.17) is 10.5 Å². The van der Waals surface area contributed by atoms with Gasteiger partial charge >= 0.3 is 0 Å². The molecule has 0 bridgehead atoms. The monoisotopic (exact) mass is 294 g/mol. The summed E-state index contributed by atoms with van der Waals surface area (Å²) in [6, 6.07) is 14.1. The van der Waals surface area contributed by atoms with Gasteiger partial charge in [0.05, 0.1) is 6.54 Å². The predicted octanol–water partition coefficient (Wildman–Crippen LogP) is 2.63. The summed E-state index contributed by atoms with van der Waals surface area (Å²) in [4.78, 5) is 4.22. The molecule has 3 N–H and O–H groups in total. The largest absolute Gasteiger partial charge is 0.508 e. The Labute approximate surface area is 129 Å². The van der Waals surface area contributed by atoms with Crippen molar-refractivity contribution < 1.29 is 9.84 Å². The summed E-state index contributed by atoms with van der Waals surface area (Å²) in [7, 11) is 0. The second-order valence-corrected chi connectivity index (χ2v) is 6.11. The number of nitrogens with zero attached hydrogens (tertiary/aromatic N) is 1. The maximum absolute atomic E-state index is 9.73. The van der Waals surface area contributed by atoms with E-state index in [-0.39, 0.29) is 5.60 Å². The summed E-state index contributed by atoms with van der Waals surface area (Å²) in [5.41, 5.74) is 10.3. The van der Waals surface area contributed by atoms with Gasteiger partial charge in [-0.1, -0.05) is 30.3 Å². The Hall–Kier alpha value is -2.49. The molecule has 0 radical (unpaired) electrons. The molecule has 112 valence electrons. The van der Waals surface area contributed by atoms with Gasteiger partial charge < -0.3 is 15.6 Å². The van der Waals surface area contributed by atoms with Crippen molar-refractivity contribution in [1.82, 2.24) is 0 Å². The van der Waals surface area contributed by atoms with E-state index in [2.05, 4.69) is 23.2 Å². The lowest BCUT2D eigenvalue weighted by Crippen LogP contribution is -2.40. The Kier molecular flexibility index (Phi) is 2.86. The van der Waals surface area contributed by atoms with Gasteiger partial charge in [0.1, 0.15) is 11.4 Å². The van der Waals surface area contributed by atoms with Crippen LogP contribution in [0.1, 0.15) is 17.5 Å². The number of amidine groups is 1. The molecule has 1 spiro atoms. The fraction of sp³-hybridized carbons (Fsp3) is 0.278. The zero-order valence-corrected chi connectivity index (χ0v) is 12.2. The minimum atomic E-state index is -0.255. The number of ether oxygens (including phenoxy) is 1. The van der Waals surface area contributed by atoms with Crippen molar-refractivity contribution in [3.8, 4) is 16.9 Å². The summed E-state index contributed by atoms with van der Waals surface area (Å²) < 4.78 is 5.80. The van der Waals surface area contributed by atoms with Crippen molar-refractivity contribution in [3.63, 3.8) is 0 Å². The lowest BCUT2D eigenvalue weighted by atomic mass is 9.78. The van der Waals surface area contributed by atoms with Crippen molar-refractivity contribution in [2.75, 3.05) is 6.54 Å². The summed E-state index contributed by atoms with van der Waals surface area (Å²) in [6.45, 7) is 0.647. The van der Waals surface area contributed by atoms with Crippen LogP contribution in [-0.2, 0) is 17.6 Å². The van der Waals surface area contributed by atoms with E-state index in [9.17, 15) is 5.11 Å². The van der Waals surface area contributed by atoms with Gasteiger partial charge in [-0.05, 0) is 47.2 Å². The highest BCUT2D eigenvalue weighted by molar-refractivity contribution is 5.74. The summed E-state index contributed by atoms with van der Waals surface area (Å²) in [5.74, 6) is 0.294. The quantitative estimate of drug-likeness (QED) is 0.849. The molecule has 1 aliphatic heterocycles. The number of aromatic hydroxyl groups is 1. The van der Waals surface area contributed by atoms with Crippen LogP contribution in [0.25, 0.3) is 11.1 Å². The maximum atomic E-state index is 9.73. The van der Waals surface area contributed by atoms with Crippen LogP contribution in [-0.4, -0.2) is 23.3 Å². The number of phenolic OH excluding ortho intramolecular Hbond substituents is 1. The van der Waals surface area contributed by atoms with Gasteiger partial charge in [-0.25, -0.2) is 4.99 Å². The minimum Gasteiger partial charge on any atom is -0.508 e. The zero-order chi connectivity index (χ0) is 15.2. The number of phenols is 1. The lowest BCUT2D eigenvalue weighted by Gasteiger charge is -2.34. The third-order valence-electron chi connectivity index (χ3n) is 4.62. The smallest absolute Gasteiger partial charge is 0.282 e. The van der Waals surface area contributed by atoms with Crippen molar-refractivity contribution in [1.29, 1.82) is 0 Å². The third kappa shape index (κ3) is 2.11. The molecule has 1 atom stereocenters. The van der Waals surface area contributed by atoms with Crippen LogP contribution >= 0.6 is 0 Å². The molecule has 2 aliphatic rings. The van der Waals surface area contributed by atoms with Gasteiger partial charge in [0.25, 0.3) is 6.02 Å². The molecule has 4 rings (SSSR count).